The third-order valence-electron chi connectivity index (χ3n) is 3.86. The van der Waals surface area contributed by atoms with E-state index in [0.29, 0.717) is 18.9 Å². The Bertz CT molecular complexity index is 424. The number of carbonyl (C=O) groups is 1. The van der Waals surface area contributed by atoms with Crippen LogP contribution in [-0.2, 0) is 17.9 Å². The lowest BCUT2D eigenvalue weighted by Gasteiger charge is -2.29. The number of hydrogen-bond donors (Lipinski definition) is 0. The molecule has 0 atom stereocenters. The number of amides is 1. The number of rotatable bonds is 1. The Kier molecular flexibility index (Phi) is 3.07. The Balaban J connectivity index is 1.74. The van der Waals surface area contributed by atoms with Crippen molar-refractivity contribution >= 4 is 5.91 Å². The van der Waals surface area contributed by atoms with Crippen molar-refractivity contribution < 1.29 is 9.53 Å². The fraction of sp³-hybridized carbons (Fsp3) is 0.692. The minimum atomic E-state index is 0.0730. The lowest BCUT2D eigenvalue weighted by Crippen LogP contribution is -2.38. The molecule has 0 bridgehead atoms. The summed E-state index contributed by atoms with van der Waals surface area (Å²) in [6, 6.07) is 0. The first-order chi connectivity index (χ1) is 8.74. The van der Waals surface area contributed by atoms with Crippen LogP contribution in [0.3, 0.4) is 0 Å². The molecule has 0 unspecified atom stereocenters. The van der Waals surface area contributed by atoms with Gasteiger partial charge in [0.25, 0.3) is 5.91 Å². The summed E-state index contributed by atoms with van der Waals surface area (Å²) in [6.45, 7) is 5.99. The lowest BCUT2D eigenvalue weighted by atomic mass is 9.99. The molecule has 0 aliphatic carbocycles. The largest absolute Gasteiger partial charge is 0.372 e. The second kappa shape index (κ2) is 4.72. The second-order valence-electron chi connectivity index (χ2n) is 5.26. The predicted molar refractivity (Wildman–Crippen MR) is 66.2 cm³/mol. The fourth-order valence-electron chi connectivity index (χ4n) is 2.57. The van der Waals surface area contributed by atoms with Gasteiger partial charge in [0.1, 0.15) is 18.1 Å². The molecule has 2 aliphatic heterocycles. The number of hydrogen-bond acceptors (Lipinski definition) is 3. The van der Waals surface area contributed by atoms with E-state index in [9.17, 15) is 4.79 Å². The number of ether oxygens (including phenoxy) is 1. The van der Waals surface area contributed by atoms with Crippen LogP contribution in [0.4, 0.5) is 0 Å². The predicted octanol–water partition coefficient (Wildman–Crippen LogP) is 1.29. The van der Waals surface area contributed by atoms with Crippen LogP contribution in [0, 0.1) is 5.92 Å². The topological polar surface area (TPSA) is 47.4 Å². The molecule has 0 spiro atoms. The molecule has 3 heterocycles. The molecule has 1 aromatic heterocycles. The molecule has 5 nitrogen and oxygen atoms in total. The van der Waals surface area contributed by atoms with Crippen molar-refractivity contribution in [2.45, 2.75) is 32.9 Å². The molecule has 0 N–H and O–H groups in total. The summed E-state index contributed by atoms with van der Waals surface area (Å²) in [4.78, 5) is 18.7. The summed E-state index contributed by atoms with van der Waals surface area (Å²) in [5.74, 6) is 1.68. The van der Waals surface area contributed by atoms with Gasteiger partial charge in [0.2, 0.25) is 0 Å². The maximum absolute atomic E-state index is 12.3. The van der Waals surface area contributed by atoms with E-state index in [-0.39, 0.29) is 5.91 Å². The minimum absolute atomic E-state index is 0.0730. The zero-order valence-corrected chi connectivity index (χ0v) is 10.8. The summed E-state index contributed by atoms with van der Waals surface area (Å²) in [6.07, 6.45) is 4.07. The third-order valence-corrected chi connectivity index (χ3v) is 3.86. The van der Waals surface area contributed by atoms with Crippen LogP contribution in [-0.4, -0.2) is 40.1 Å². The number of fused-ring (bicyclic) bond motifs is 1. The molecule has 1 fully saturated rings. The number of likely N-dealkylation sites (tertiary alicyclic amines) is 1. The van der Waals surface area contributed by atoms with E-state index in [1.165, 1.54) is 0 Å². The van der Waals surface area contributed by atoms with Gasteiger partial charge in [-0.05, 0) is 18.8 Å². The molecule has 1 aromatic rings. The summed E-state index contributed by atoms with van der Waals surface area (Å²) in [5.41, 5.74) is 0.574. The van der Waals surface area contributed by atoms with Gasteiger partial charge < -0.3 is 14.2 Å². The standard InChI is InChI=1S/C13H19N3O2/c1-10-2-4-15(5-3-10)13(17)11-8-16-6-7-18-9-12(16)14-11/h8,10H,2-7,9H2,1H3. The van der Waals surface area contributed by atoms with Gasteiger partial charge in [0.05, 0.1) is 6.61 Å². The van der Waals surface area contributed by atoms with Crippen LogP contribution < -0.4 is 0 Å². The molecule has 18 heavy (non-hydrogen) atoms. The molecule has 5 heteroatoms. The van der Waals surface area contributed by atoms with Crippen molar-refractivity contribution in [3.05, 3.63) is 17.7 Å². The SMILES string of the molecule is CC1CCN(C(=O)c2cn3c(n2)COCC3)CC1. The molecule has 2 aliphatic rings. The van der Waals surface area contributed by atoms with Gasteiger partial charge >= 0.3 is 0 Å². The molecular weight excluding hydrogens is 230 g/mol. The van der Waals surface area contributed by atoms with Gasteiger partial charge in [0, 0.05) is 25.8 Å². The summed E-state index contributed by atoms with van der Waals surface area (Å²) < 4.78 is 7.37. The van der Waals surface area contributed by atoms with Crippen LogP contribution in [0.25, 0.3) is 0 Å². The highest BCUT2D eigenvalue weighted by molar-refractivity contribution is 5.92. The lowest BCUT2D eigenvalue weighted by molar-refractivity contribution is 0.0691. The quantitative estimate of drug-likeness (QED) is 0.753. The second-order valence-corrected chi connectivity index (χ2v) is 5.26. The smallest absolute Gasteiger partial charge is 0.274 e. The first-order valence-electron chi connectivity index (χ1n) is 6.67. The molecule has 3 rings (SSSR count). The molecule has 0 radical (unpaired) electrons. The summed E-state index contributed by atoms with van der Waals surface area (Å²) in [5, 5.41) is 0. The monoisotopic (exact) mass is 249 g/mol. The van der Waals surface area contributed by atoms with Crippen LogP contribution in [0.15, 0.2) is 6.20 Å². The normalized spacial score (nSPS) is 20.8. The minimum Gasteiger partial charge on any atom is -0.372 e. The molecular formula is C13H19N3O2. The molecule has 1 saturated heterocycles. The Labute approximate surface area is 107 Å². The van der Waals surface area contributed by atoms with Gasteiger partial charge in [-0.2, -0.15) is 0 Å². The van der Waals surface area contributed by atoms with E-state index in [1.54, 1.807) is 0 Å². The number of nitrogens with zero attached hydrogens (tertiary/aromatic N) is 3. The van der Waals surface area contributed by atoms with E-state index in [4.69, 9.17) is 4.74 Å². The maximum Gasteiger partial charge on any atom is 0.274 e. The van der Waals surface area contributed by atoms with Gasteiger partial charge in [-0.1, -0.05) is 6.92 Å². The number of aromatic nitrogens is 2. The number of carbonyl (C=O) groups excluding carboxylic acids is 1. The van der Waals surface area contributed by atoms with Gasteiger partial charge in [-0.15, -0.1) is 0 Å². The first kappa shape index (κ1) is 11.7. The van der Waals surface area contributed by atoms with Crippen LogP contribution >= 0.6 is 0 Å². The summed E-state index contributed by atoms with van der Waals surface area (Å²) >= 11 is 0. The van der Waals surface area contributed by atoms with E-state index in [1.807, 2.05) is 15.7 Å². The van der Waals surface area contributed by atoms with Gasteiger partial charge in [0.15, 0.2) is 0 Å². The molecule has 98 valence electrons. The average molecular weight is 249 g/mol. The zero-order chi connectivity index (χ0) is 12.5. The van der Waals surface area contributed by atoms with Crippen LogP contribution in [0.5, 0.6) is 0 Å². The highest BCUT2D eigenvalue weighted by Gasteiger charge is 2.24. The fourth-order valence-corrected chi connectivity index (χ4v) is 2.57. The Morgan fingerprint density at radius 1 is 1.39 bits per heavy atom. The number of piperidine rings is 1. The van der Waals surface area contributed by atoms with Crippen molar-refractivity contribution in [1.29, 1.82) is 0 Å². The van der Waals surface area contributed by atoms with Crippen molar-refractivity contribution in [1.82, 2.24) is 14.5 Å². The molecule has 1 amide bonds. The Morgan fingerprint density at radius 2 is 2.17 bits per heavy atom. The Morgan fingerprint density at radius 3 is 2.89 bits per heavy atom. The molecule has 0 aromatic carbocycles. The maximum atomic E-state index is 12.3. The van der Waals surface area contributed by atoms with Gasteiger partial charge in [-0.3, -0.25) is 4.79 Å². The van der Waals surface area contributed by atoms with Crippen LogP contribution in [0.1, 0.15) is 36.1 Å². The Hall–Kier alpha value is -1.36. The van der Waals surface area contributed by atoms with Crippen molar-refractivity contribution in [3.8, 4) is 0 Å². The van der Waals surface area contributed by atoms with Crippen molar-refractivity contribution in [2.75, 3.05) is 19.7 Å². The highest BCUT2D eigenvalue weighted by atomic mass is 16.5. The van der Waals surface area contributed by atoms with E-state index >= 15 is 0 Å². The van der Waals surface area contributed by atoms with Crippen molar-refractivity contribution in [2.24, 2.45) is 5.92 Å². The van der Waals surface area contributed by atoms with Crippen molar-refractivity contribution in [3.63, 3.8) is 0 Å². The van der Waals surface area contributed by atoms with E-state index in [2.05, 4.69) is 11.9 Å². The zero-order valence-electron chi connectivity index (χ0n) is 10.8. The number of imidazole rings is 1. The first-order valence-corrected chi connectivity index (χ1v) is 6.67. The van der Waals surface area contributed by atoms with E-state index < -0.39 is 0 Å². The summed E-state index contributed by atoms with van der Waals surface area (Å²) in [7, 11) is 0. The molecule has 0 saturated carbocycles. The van der Waals surface area contributed by atoms with E-state index in [0.717, 1.165) is 44.2 Å². The third kappa shape index (κ3) is 2.14. The van der Waals surface area contributed by atoms with Gasteiger partial charge in [-0.25, -0.2) is 4.98 Å². The average Bonchev–Trinajstić information content (AvgIpc) is 2.82. The van der Waals surface area contributed by atoms with Crippen LogP contribution in [0.2, 0.25) is 0 Å². The highest BCUT2D eigenvalue weighted by Crippen LogP contribution is 2.18.